The summed E-state index contributed by atoms with van der Waals surface area (Å²) in [5, 5.41) is 0. The molecule has 2 heterocycles. The van der Waals surface area contributed by atoms with E-state index in [0.717, 1.165) is 11.1 Å². The fraction of sp³-hybridized carbons (Fsp3) is 0.200. The first-order valence-corrected chi connectivity index (χ1v) is 18.1. The molecule has 0 bridgehead atoms. The van der Waals surface area contributed by atoms with Crippen LogP contribution < -0.4 is 29.1 Å². The quantitative estimate of drug-likeness (QED) is 0.132. The second-order valence-corrected chi connectivity index (χ2v) is 13.3. The number of ether oxygens (including phenoxy) is 5. The van der Waals surface area contributed by atoms with Crippen LogP contribution in [0, 0.1) is 0 Å². The number of hydrogen-bond donors (Lipinski definition) is 0. The summed E-state index contributed by atoms with van der Waals surface area (Å²) < 4.78 is 30.4. The highest BCUT2D eigenvalue weighted by Gasteiger charge is 2.35. The number of esters is 2. The van der Waals surface area contributed by atoms with Gasteiger partial charge in [-0.2, -0.15) is 0 Å². The number of carbonyl (C=O) groups is 2. The molecule has 1 aliphatic heterocycles. The molecule has 12 heteroatoms. The summed E-state index contributed by atoms with van der Waals surface area (Å²) >= 11 is 4.84. The van der Waals surface area contributed by atoms with Crippen LogP contribution in [0.15, 0.2) is 111 Å². The van der Waals surface area contributed by atoms with Crippen LogP contribution in [0.4, 0.5) is 0 Å². The van der Waals surface area contributed by atoms with Crippen LogP contribution >= 0.6 is 27.3 Å². The van der Waals surface area contributed by atoms with Gasteiger partial charge in [0.15, 0.2) is 16.3 Å². The summed E-state index contributed by atoms with van der Waals surface area (Å²) in [7, 11) is 3.12. The molecule has 266 valence electrons. The van der Waals surface area contributed by atoms with E-state index >= 15 is 0 Å². The number of thiazole rings is 1. The average Bonchev–Trinajstić information content (AvgIpc) is 3.47. The Bertz CT molecular complexity index is 2310. The van der Waals surface area contributed by atoms with Gasteiger partial charge in [-0.05, 0) is 88.9 Å². The van der Waals surface area contributed by atoms with E-state index in [4.69, 9.17) is 28.7 Å². The van der Waals surface area contributed by atoms with E-state index in [1.165, 1.54) is 18.4 Å². The molecule has 0 saturated heterocycles. The van der Waals surface area contributed by atoms with Gasteiger partial charge in [0.25, 0.3) is 5.56 Å². The highest BCUT2D eigenvalue weighted by Crippen LogP contribution is 2.38. The Balaban J connectivity index is 1.41. The maximum atomic E-state index is 14.3. The predicted octanol–water partition coefficient (Wildman–Crippen LogP) is 6.47. The Morgan fingerprint density at radius 1 is 0.885 bits per heavy atom. The van der Waals surface area contributed by atoms with E-state index in [-0.39, 0.29) is 30.3 Å². The molecule has 1 atom stereocenters. The van der Waals surface area contributed by atoms with E-state index in [2.05, 4.69) is 15.9 Å². The first kappa shape index (κ1) is 36.3. The van der Waals surface area contributed by atoms with Crippen molar-refractivity contribution in [3.8, 4) is 17.2 Å². The number of aromatic nitrogens is 1. The minimum atomic E-state index is -0.818. The van der Waals surface area contributed by atoms with Gasteiger partial charge < -0.3 is 23.7 Å². The zero-order chi connectivity index (χ0) is 36.8. The Hall–Kier alpha value is -5.46. The third kappa shape index (κ3) is 7.58. The van der Waals surface area contributed by atoms with Crippen LogP contribution in [0.2, 0.25) is 0 Å². The molecule has 0 aliphatic carbocycles. The second kappa shape index (κ2) is 16.3. The topological polar surface area (TPSA) is 115 Å². The lowest BCUT2D eigenvalue weighted by Crippen LogP contribution is -2.40. The molecule has 52 heavy (non-hydrogen) atoms. The summed E-state index contributed by atoms with van der Waals surface area (Å²) in [6.45, 7) is 4.18. The van der Waals surface area contributed by atoms with Crippen LogP contribution in [0.5, 0.6) is 17.2 Å². The summed E-state index contributed by atoms with van der Waals surface area (Å²) in [5.41, 5.74) is 3.78. The monoisotopic (exact) mass is 782 g/mol. The van der Waals surface area contributed by atoms with E-state index < -0.39 is 12.0 Å². The van der Waals surface area contributed by atoms with Crippen LogP contribution in [0.3, 0.4) is 0 Å². The van der Waals surface area contributed by atoms with Crippen molar-refractivity contribution in [2.24, 2.45) is 4.99 Å². The Morgan fingerprint density at radius 2 is 1.58 bits per heavy atom. The maximum absolute atomic E-state index is 14.3. The molecule has 0 unspecified atom stereocenters. The lowest BCUT2D eigenvalue weighted by molar-refractivity contribution is -0.138. The average molecular weight is 784 g/mol. The molecular weight excluding hydrogens is 748 g/mol. The Labute approximate surface area is 312 Å². The van der Waals surface area contributed by atoms with Crippen molar-refractivity contribution in [1.29, 1.82) is 0 Å². The number of carbonyl (C=O) groups excluding carboxylic acids is 2. The van der Waals surface area contributed by atoms with Crippen molar-refractivity contribution < 1.29 is 33.3 Å². The van der Waals surface area contributed by atoms with Gasteiger partial charge in [-0.15, -0.1) is 0 Å². The molecule has 0 N–H and O–H groups in total. The highest BCUT2D eigenvalue weighted by atomic mass is 79.9. The van der Waals surface area contributed by atoms with Crippen LogP contribution in [-0.2, 0) is 20.9 Å². The number of hydrogen-bond acceptors (Lipinski definition) is 10. The molecule has 10 nitrogen and oxygen atoms in total. The zero-order valence-electron chi connectivity index (χ0n) is 28.9. The van der Waals surface area contributed by atoms with Gasteiger partial charge in [-0.3, -0.25) is 9.36 Å². The van der Waals surface area contributed by atoms with E-state index in [0.29, 0.717) is 60.0 Å². The Kier molecular flexibility index (Phi) is 11.4. The SMILES string of the molecule is CCOC(=O)C1=C(c2ccccc2)N=c2s/c(=C\c3cc(Br)c(OCc4ccc(C(=O)OCC)cc4)c(OC)c3)c(=O)n2[C@@H]1c1ccc(OC)cc1. The lowest BCUT2D eigenvalue weighted by atomic mass is 9.93. The first-order valence-electron chi connectivity index (χ1n) is 16.4. The molecule has 0 fully saturated rings. The molecule has 6 rings (SSSR count). The summed E-state index contributed by atoms with van der Waals surface area (Å²) in [6.07, 6.45) is 1.76. The van der Waals surface area contributed by atoms with E-state index in [9.17, 15) is 14.4 Å². The summed E-state index contributed by atoms with van der Waals surface area (Å²) in [5.74, 6) is 0.624. The van der Waals surface area contributed by atoms with Gasteiger partial charge in [-0.25, -0.2) is 14.6 Å². The molecule has 5 aromatic rings. The first-order chi connectivity index (χ1) is 25.3. The zero-order valence-corrected chi connectivity index (χ0v) is 31.3. The van der Waals surface area contributed by atoms with Crippen molar-refractivity contribution >= 4 is 51.0 Å². The lowest BCUT2D eigenvalue weighted by Gasteiger charge is -2.26. The smallest absolute Gasteiger partial charge is 0.338 e. The summed E-state index contributed by atoms with van der Waals surface area (Å²) in [6, 6.07) is 26.4. The predicted molar refractivity (Wildman–Crippen MR) is 201 cm³/mol. The summed E-state index contributed by atoms with van der Waals surface area (Å²) in [4.78, 5) is 45.4. The normalized spacial score (nSPS) is 13.9. The van der Waals surface area contributed by atoms with Gasteiger partial charge in [0.05, 0.1) is 59.3 Å². The van der Waals surface area contributed by atoms with Crippen molar-refractivity contribution in [3.05, 3.63) is 149 Å². The minimum absolute atomic E-state index is 0.155. The molecule has 0 radical (unpaired) electrons. The van der Waals surface area contributed by atoms with Crippen LogP contribution in [0.25, 0.3) is 11.8 Å². The fourth-order valence-corrected chi connectivity index (χ4v) is 7.34. The Morgan fingerprint density at radius 3 is 2.23 bits per heavy atom. The number of benzene rings is 4. The third-order valence-corrected chi connectivity index (χ3v) is 9.77. The molecule has 0 saturated carbocycles. The van der Waals surface area contributed by atoms with E-state index in [1.807, 2.05) is 48.5 Å². The van der Waals surface area contributed by atoms with Crippen LogP contribution in [-0.4, -0.2) is 43.9 Å². The molecular formula is C40H35BrN2O8S. The van der Waals surface area contributed by atoms with Gasteiger partial charge in [0, 0.05) is 5.56 Å². The highest BCUT2D eigenvalue weighted by molar-refractivity contribution is 9.10. The standard InChI is InChI=1S/C40H35BrN2O8S/c1-5-49-38(45)28-14-12-24(13-15-28)23-51-36-30(41)20-25(21-31(36)48-4)22-32-37(44)43-35(27-16-18-29(47-3)19-17-27)33(39(46)50-6-2)34(42-40(43)52-32)26-10-8-7-9-11-26/h7-22,35H,5-6,23H2,1-4H3/b32-22-/t35-/m1/s1. The van der Waals surface area contributed by atoms with Crippen molar-refractivity contribution in [2.75, 3.05) is 27.4 Å². The van der Waals surface area contributed by atoms with Crippen molar-refractivity contribution in [2.45, 2.75) is 26.5 Å². The molecule has 0 spiro atoms. The molecule has 1 aliphatic rings. The number of rotatable bonds is 12. The number of fused-ring (bicyclic) bond motifs is 1. The van der Waals surface area contributed by atoms with Gasteiger partial charge in [-0.1, -0.05) is 65.9 Å². The number of halogens is 1. The third-order valence-electron chi connectivity index (χ3n) is 8.20. The fourth-order valence-electron chi connectivity index (χ4n) is 5.76. The van der Waals surface area contributed by atoms with Gasteiger partial charge >= 0.3 is 11.9 Å². The van der Waals surface area contributed by atoms with Crippen LogP contribution in [0.1, 0.15) is 52.5 Å². The van der Waals surface area contributed by atoms with Gasteiger partial charge in [0.2, 0.25) is 0 Å². The van der Waals surface area contributed by atoms with Gasteiger partial charge in [0.1, 0.15) is 12.4 Å². The second-order valence-electron chi connectivity index (χ2n) is 11.4. The van der Waals surface area contributed by atoms with Crippen molar-refractivity contribution in [3.63, 3.8) is 0 Å². The number of nitrogens with zero attached hydrogens (tertiary/aromatic N) is 2. The molecule has 1 aromatic heterocycles. The molecule has 0 amide bonds. The van der Waals surface area contributed by atoms with E-state index in [1.54, 1.807) is 74.1 Å². The number of methoxy groups -OCH3 is 2. The van der Waals surface area contributed by atoms with Crippen molar-refractivity contribution in [1.82, 2.24) is 4.57 Å². The minimum Gasteiger partial charge on any atom is -0.497 e. The molecule has 4 aromatic carbocycles. The largest absolute Gasteiger partial charge is 0.497 e. The maximum Gasteiger partial charge on any atom is 0.338 e.